The second-order valence-corrected chi connectivity index (χ2v) is 8.73. The summed E-state index contributed by atoms with van der Waals surface area (Å²) in [6, 6.07) is 7.02. The summed E-state index contributed by atoms with van der Waals surface area (Å²) in [5, 5.41) is 0. The van der Waals surface area contributed by atoms with Gasteiger partial charge in [-0.05, 0) is 73.2 Å². The fourth-order valence-corrected chi connectivity index (χ4v) is 3.90. The number of unbranched alkanes of at least 4 members (excludes halogenated alkanes) is 2. The molecule has 0 unspecified atom stereocenters. The van der Waals surface area contributed by atoms with E-state index in [2.05, 4.69) is 53.6 Å². The average Bonchev–Trinajstić information content (AvgIpc) is 2.62. The first-order chi connectivity index (χ1) is 13.3. The van der Waals surface area contributed by atoms with Crippen LogP contribution in [-0.2, 0) is 13.0 Å². The SMILES string of the molecule is CCCCCc1c(C(C)C)nc(C(C)C)c(CN(C)C)c1-c1ccc(F)cc1. The third kappa shape index (κ3) is 5.41. The number of pyridine rings is 1. The van der Waals surface area contributed by atoms with Crippen molar-refractivity contribution in [2.75, 3.05) is 14.1 Å². The Hall–Kier alpha value is -1.74. The minimum atomic E-state index is -0.187. The fraction of sp³-hybridized carbons (Fsp3) is 0.560. The van der Waals surface area contributed by atoms with Crippen LogP contribution in [0.25, 0.3) is 11.1 Å². The summed E-state index contributed by atoms with van der Waals surface area (Å²) in [7, 11) is 4.21. The molecule has 1 aromatic carbocycles. The Kier molecular flexibility index (Phi) is 8.18. The van der Waals surface area contributed by atoms with Crippen molar-refractivity contribution in [2.24, 2.45) is 0 Å². The van der Waals surface area contributed by atoms with Crippen molar-refractivity contribution < 1.29 is 4.39 Å². The van der Waals surface area contributed by atoms with Crippen LogP contribution in [-0.4, -0.2) is 24.0 Å². The molecule has 2 nitrogen and oxygen atoms in total. The lowest BCUT2D eigenvalue weighted by atomic mass is 9.85. The molecule has 154 valence electrons. The summed E-state index contributed by atoms with van der Waals surface area (Å²) in [5.74, 6) is 0.519. The van der Waals surface area contributed by atoms with Gasteiger partial charge in [-0.25, -0.2) is 4.39 Å². The van der Waals surface area contributed by atoms with Gasteiger partial charge in [0.25, 0.3) is 0 Å². The van der Waals surface area contributed by atoms with Crippen molar-refractivity contribution in [3.8, 4) is 11.1 Å². The van der Waals surface area contributed by atoms with Crippen LogP contribution in [0.3, 0.4) is 0 Å². The van der Waals surface area contributed by atoms with Crippen LogP contribution >= 0.6 is 0 Å². The molecule has 0 saturated carbocycles. The summed E-state index contributed by atoms with van der Waals surface area (Å²) < 4.78 is 13.7. The van der Waals surface area contributed by atoms with Crippen LogP contribution in [0.5, 0.6) is 0 Å². The number of nitrogens with zero attached hydrogens (tertiary/aromatic N) is 2. The van der Waals surface area contributed by atoms with E-state index in [0.29, 0.717) is 11.8 Å². The van der Waals surface area contributed by atoms with E-state index >= 15 is 0 Å². The maximum atomic E-state index is 13.7. The highest BCUT2D eigenvalue weighted by Crippen LogP contribution is 2.38. The molecule has 28 heavy (non-hydrogen) atoms. The van der Waals surface area contributed by atoms with Crippen molar-refractivity contribution in [2.45, 2.75) is 78.7 Å². The Morgan fingerprint density at radius 3 is 1.96 bits per heavy atom. The van der Waals surface area contributed by atoms with Crippen molar-refractivity contribution in [3.63, 3.8) is 0 Å². The van der Waals surface area contributed by atoms with Crippen LogP contribution in [0.4, 0.5) is 4.39 Å². The van der Waals surface area contributed by atoms with Gasteiger partial charge in [-0.2, -0.15) is 0 Å². The van der Waals surface area contributed by atoms with E-state index in [1.54, 1.807) is 12.1 Å². The number of hydrogen-bond donors (Lipinski definition) is 0. The lowest BCUT2D eigenvalue weighted by Gasteiger charge is -2.26. The molecule has 1 heterocycles. The molecule has 0 aliphatic heterocycles. The summed E-state index contributed by atoms with van der Waals surface area (Å²) >= 11 is 0. The molecule has 0 fully saturated rings. The zero-order valence-corrected chi connectivity index (χ0v) is 18.8. The average molecular weight is 385 g/mol. The van der Waals surface area contributed by atoms with Crippen molar-refractivity contribution in [1.29, 1.82) is 0 Å². The van der Waals surface area contributed by atoms with E-state index in [-0.39, 0.29) is 5.82 Å². The first-order valence-electron chi connectivity index (χ1n) is 10.7. The normalized spacial score (nSPS) is 11.8. The molecule has 0 atom stereocenters. The Balaban J connectivity index is 2.82. The van der Waals surface area contributed by atoms with Gasteiger partial charge in [-0.15, -0.1) is 0 Å². The predicted molar refractivity (Wildman–Crippen MR) is 118 cm³/mol. The predicted octanol–water partition coefficient (Wildman–Crippen LogP) is 6.93. The van der Waals surface area contributed by atoms with Gasteiger partial charge in [0.1, 0.15) is 5.82 Å². The molecule has 0 aliphatic carbocycles. The van der Waals surface area contributed by atoms with E-state index in [1.807, 2.05) is 12.1 Å². The number of benzene rings is 1. The third-order valence-corrected chi connectivity index (χ3v) is 5.19. The van der Waals surface area contributed by atoms with E-state index in [4.69, 9.17) is 4.98 Å². The fourth-order valence-electron chi connectivity index (χ4n) is 3.90. The molecule has 0 radical (unpaired) electrons. The second-order valence-electron chi connectivity index (χ2n) is 8.73. The molecule has 1 aromatic heterocycles. The Bertz CT molecular complexity index is 761. The molecule has 0 saturated heterocycles. The van der Waals surface area contributed by atoms with E-state index in [9.17, 15) is 4.39 Å². The first-order valence-corrected chi connectivity index (χ1v) is 10.7. The molecular formula is C25H37FN2. The molecule has 2 aromatic rings. The summed E-state index contributed by atoms with van der Waals surface area (Å²) in [5.41, 5.74) is 7.43. The maximum absolute atomic E-state index is 13.7. The quantitative estimate of drug-likeness (QED) is 0.436. The Morgan fingerprint density at radius 1 is 0.893 bits per heavy atom. The lowest BCUT2D eigenvalue weighted by molar-refractivity contribution is 0.399. The number of hydrogen-bond acceptors (Lipinski definition) is 2. The molecular weight excluding hydrogens is 347 g/mol. The minimum Gasteiger partial charge on any atom is -0.305 e. The van der Waals surface area contributed by atoms with Gasteiger partial charge in [0.15, 0.2) is 0 Å². The van der Waals surface area contributed by atoms with Gasteiger partial charge in [0, 0.05) is 17.9 Å². The van der Waals surface area contributed by atoms with Gasteiger partial charge in [0.2, 0.25) is 0 Å². The monoisotopic (exact) mass is 384 g/mol. The van der Waals surface area contributed by atoms with Gasteiger partial charge in [-0.3, -0.25) is 4.98 Å². The van der Waals surface area contributed by atoms with Crippen LogP contribution < -0.4 is 0 Å². The lowest BCUT2D eigenvalue weighted by Crippen LogP contribution is -2.18. The Morgan fingerprint density at radius 2 is 1.46 bits per heavy atom. The highest BCUT2D eigenvalue weighted by atomic mass is 19.1. The zero-order valence-electron chi connectivity index (χ0n) is 18.8. The van der Waals surface area contributed by atoms with Gasteiger partial charge in [0.05, 0.1) is 0 Å². The first kappa shape index (κ1) is 22.5. The molecule has 2 rings (SSSR count). The summed E-state index contributed by atoms with van der Waals surface area (Å²) in [6.07, 6.45) is 4.61. The summed E-state index contributed by atoms with van der Waals surface area (Å²) in [4.78, 5) is 7.42. The largest absolute Gasteiger partial charge is 0.305 e. The van der Waals surface area contributed by atoms with Crippen LogP contribution in [0.2, 0.25) is 0 Å². The number of rotatable bonds is 9. The van der Waals surface area contributed by atoms with Crippen molar-refractivity contribution in [1.82, 2.24) is 9.88 Å². The number of halogens is 1. The molecule has 0 N–H and O–H groups in total. The molecule has 0 spiro atoms. The molecule has 3 heteroatoms. The van der Waals surface area contributed by atoms with E-state index < -0.39 is 0 Å². The minimum absolute atomic E-state index is 0.187. The van der Waals surface area contributed by atoms with Gasteiger partial charge >= 0.3 is 0 Å². The smallest absolute Gasteiger partial charge is 0.123 e. The topological polar surface area (TPSA) is 16.1 Å². The Labute approximate surface area is 171 Å². The van der Waals surface area contributed by atoms with Gasteiger partial charge in [-0.1, -0.05) is 59.6 Å². The standard InChI is InChI=1S/C25H37FN2/c1-8-9-10-11-21-23(19-12-14-20(26)15-13-19)22(16-28(6)7)25(18(4)5)27-24(21)17(2)3/h12-15,17-18H,8-11,16H2,1-7H3. The highest BCUT2D eigenvalue weighted by molar-refractivity contribution is 5.73. The van der Waals surface area contributed by atoms with E-state index in [1.165, 1.54) is 40.9 Å². The zero-order chi connectivity index (χ0) is 20.8. The van der Waals surface area contributed by atoms with E-state index in [0.717, 1.165) is 24.9 Å². The third-order valence-electron chi connectivity index (χ3n) is 5.19. The molecule has 0 amide bonds. The van der Waals surface area contributed by atoms with Crippen LogP contribution in [0.1, 0.15) is 88.2 Å². The van der Waals surface area contributed by atoms with Gasteiger partial charge < -0.3 is 4.90 Å². The molecule has 0 bridgehead atoms. The maximum Gasteiger partial charge on any atom is 0.123 e. The van der Waals surface area contributed by atoms with Crippen LogP contribution in [0, 0.1) is 5.82 Å². The van der Waals surface area contributed by atoms with Crippen molar-refractivity contribution >= 4 is 0 Å². The van der Waals surface area contributed by atoms with Crippen molar-refractivity contribution in [3.05, 3.63) is 52.6 Å². The molecule has 0 aliphatic rings. The number of aromatic nitrogens is 1. The second kappa shape index (κ2) is 10.2. The highest BCUT2D eigenvalue weighted by Gasteiger charge is 2.23. The summed E-state index contributed by atoms with van der Waals surface area (Å²) in [6.45, 7) is 12.0. The van der Waals surface area contributed by atoms with Crippen LogP contribution in [0.15, 0.2) is 24.3 Å².